The zero-order chi connectivity index (χ0) is 68.9. The SMILES string of the molecule is CCC(C)CCCCCCCCCCCCCCCCCCCCC(=O)O[C@H](COC(=O)CCCCCCCCCC(C)C)COP(=O)(O)OCC(O)COP(=O)(O)OC[C@@H](COC(=O)CCCCCCCCC(C)CC)OC(=O)CCCCCCCCCCC(C)C. The topological polar surface area (TPSA) is 237 Å². The molecular formula is C74H144O17P2. The van der Waals surface area contributed by atoms with Crippen molar-refractivity contribution in [2.45, 2.75) is 388 Å². The Labute approximate surface area is 568 Å². The first-order valence-corrected chi connectivity index (χ1v) is 41.3. The van der Waals surface area contributed by atoms with Gasteiger partial charge in [0.25, 0.3) is 0 Å². The third kappa shape index (κ3) is 65.8. The molecule has 0 saturated carbocycles. The second-order valence-corrected chi connectivity index (χ2v) is 31.0. The van der Waals surface area contributed by atoms with Gasteiger partial charge in [0.05, 0.1) is 26.4 Å². The van der Waals surface area contributed by atoms with Crippen LogP contribution in [0.4, 0.5) is 0 Å². The number of carbonyl (C=O) groups is 4. The van der Waals surface area contributed by atoms with Crippen molar-refractivity contribution in [1.82, 2.24) is 0 Å². The molecular weight excluding hydrogens is 1220 g/mol. The lowest BCUT2D eigenvalue weighted by atomic mass is 9.99. The Morgan fingerprint density at radius 2 is 0.516 bits per heavy atom. The fourth-order valence-corrected chi connectivity index (χ4v) is 12.7. The number of carbonyl (C=O) groups excluding carboxylic acids is 4. The van der Waals surface area contributed by atoms with Crippen molar-refractivity contribution in [3.05, 3.63) is 0 Å². The molecule has 0 aliphatic rings. The van der Waals surface area contributed by atoms with Crippen LogP contribution in [-0.4, -0.2) is 96.7 Å². The molecule has 5 unspecified atom stereocenters. The van der Waals surface area contributed by atoms with Crippen LogP contribution in [0.25, 0.3) is 0 Å². The lowest BCUT2D eigenvalue weighted by molar-refractivity contribution is -0.161. The standard InChI is InChI=1S/C74H144O17P2/c1-9-66(7)52-44-36-28-21-19-17-15-13-11-12-14-16-18-20-22-29-40-48-56-73(78)90-69(60-84-71(76)54-46-38-31-25-27-35-43-51-65(5)6)62-88-92(80,81)86-58-68(75)59-87-93(82,83)89-63-70(61-85-72(77)55-47-39-33-32-37-45-53-67(8)10-2)91-74(79)57-49-41-30-24-23-26-34-42-50-64(3)4/h64-70,75H,9-63H2,1-8H3,(H,80,81)(H,82,83)/t66?,67?,68?,69-,70-/m1/s1. The quantitative estimate of drug-likeness (QED) is 0.0222. The Balaban J connectivity index is 5.16. The molecule has 0 spiro atoms. The van der Waals surface area contributed by atoms with Crippen molar-refractivity contribution < 1.29 is 80.2 Å². The summed E-state index contributed by atoms with van der Waals surface area (Å²) >= 11 is 0. The van der Waals surface area contributed by atoms with E-state index in [-0.39, 0.29) is 25.7 Å². The molecule has 0 aliphatic heterocycles. The molecule has 0 amide bonds. The van der Waals surface area contributed by atoms with E-state index < -0.39 is 97.5 Å². The molecule has 0 bridgehead atoms. The Morgan fingerprint density at radius 3 is 0.763 bits per heavy atom. The number of phosphoric acid groups is 2. The summed E-state index contributed by atoms with van der Waals surface area (Å²) in [4.78, 5) is 72.6. The molecule has 3 N–H and O–H groups in total. The third-order valence-electron chi connectivity index (χ3n) is 17.8. The van der Waals surface area contributed by atoms with Gasteiger partial charge in [-0.25, -0.2) is 9.13 Å². The fraction of sp³-hybridized carbons (Fsp3) is 0.946. The van der Waals surface area contributed by atoms with Crippen molar-refractivity contribution in [2.24, 2.45) is 23.7 Å². The van der Waals surface area contributed by atoms with Crippen LogP contribution < -0.4 is 0 Å². The predicted octanol–water partition coefficient (Wildman–Crippen LogP) is 21.3. The second-order valence-electron chi connectivity index (χ2n) is 28.1. The van der Waals surface area contributed by atoms with Crippen molar-refractivity contribution in [1.29, 1.82) is 0 Å². The second kappa shape index (κ2) is 63.5. The molecule has 552 valence electrons. The average Bonchev–Trinajstić information content (AvgIpc) is 1.68. The predicted molar refractivity (Wildman–Crippen MR) is 377 cm³/mol. The van der Waals surface area contributed by atoms with E-state index in [0.29, 0.717) is 31.6 Å². The summed E-state index contributed by atoms with van der Waals surface area (Å²) in [7, 11) is -9.91. The average molecular weight is 1370 g/mol. The third-order valence-corrected chi connectivity index (χ3v) is 19.7. The van der Waals surface area contributed by atoms with Crippen LogP contribution in [0.15, 0.2) is 0 Å². The number of esters is 4. The molecule has 0 fully saturated rings. The number of aliphatic hydroxyl groups is 1. The van der Waals surface area contributed by atoms with Gasteiger partial charge < -0.3 is 33.8 Å². The van der Waals surface area contributed by atoms with E-state index in [1.54, 1.807) is 0 Å². The van der Waals surface area contributed by atoms with Crippen molar-refractivity contribution in [3.8, 4) is 0 Å². The van der Waals surface area contributed by atoms with Crippen LogP contribution in [0.2, 0.25) is 0 Å². The molecule has 0 aliphatic carbocycles. The number of hydrogen-bond donors (Lipinski definition) is 3. The highest BCUT2D eigenvalue weighted by Gasteiger charge is 2.30. The van der Waals surface area contributed by atoms with Gasteiger partial charge in [0, 0.05) is 25.7 Å². The zero-order valence-electron chi connectivity index (χ0n) is 60.9. The van der Waals surface area contributed by atoms with Gasteiger partial charge in [-0.3, -0.25) is 37.3 Å². The molecule has 0 aromatic heterocycles. The first-order chi connectivity index (χ1) is 44.7. The van der Waals surface area contributed by atoms with E-state index >= 15 is 0 Å². The molecule has 93 heavy (non-hydrogen) atoms. The maximum atomic E-state index is 13.0. The van der Waals surface area contributed by atoms with Crippen LogP contribution in [-0.2, 0) is 65.4 Å². The van der Waals surface area contributed by atoms with Crippen LogP contribution in [0.3, 0.4) is 0 Å². The molecule has 19 heteroatoms. The van der Waals surface area contributed by atoms with Gasteiger partial charge >= 0.3 is 39.5 Å². The maximum Gasteiger partial charge on any atom is 0.472 e. The first-order valence-electron chi connectivity index (χ1n) is 38.3. The molecule has 17 nitrogen and oxygen atoms in total. The lowest BCUT2D eigenvalue weighted by Gasteiger charge is -2.21. The van der Waals surface area contributed by atoms with Gasteiger partial charge in [0.2, 0.25) is 0 Å². The smallest absolute Gasteiger partial charge is 0.462 e. The number of phosphoric ester groups is 2. The summed E-state index contributed by atoms with van der Waals surface area (Å²) in [6.07, 6.45) is 47.5. The summed E-state index contributed by atoms with van der Waals surface area (Å²) in [5, 5.41) is 10.6. The van der Waals surface area contributed by atoms with E-state index in [0.717, 1.165) is 120 Å². The molecule has 7 atom stereocenters. The van der Waals surface area contributed by atoms with E-state index in [2.05, 4.69) is 55.4 Å². The highest BCUT2D eigenvalue weighted by atomic mass is 31.2. The molecule has 0 aromatic rings. The Bertz CT molecular complexity index is 1840. The van der Waals surface area contributed by atoms with Crippen LogP contribution in [0, 0.1) is 23.7 Å². The highest BCUT2D eigenvalue weighted by Crippen LogP contribution is 2.45. The number of rotatable bonds is 71. The fourth-order valence-electron chi connectivity index (χ4n) is 11.1. The summed E-state index contributed by atoms with van der Waals surface area (Å²) in [5.41, 5.74) is 0. The van der Waals surface area contributed by atoms with Gasteiger partial charge in [-0.2, -0.15) is 0 Å². The Kier molecular flexibility index (Phi) is 62.2. The van der Waals surface area contributed by atoms with Crippen molar-refractivity contribution >= 4 is 39.5 Å². The normalized spacial score (nSPS) is 14.8. The summed E-state index contributed by atoms with van der Waals surface area (Å²) in [6.45, 7) is 14.1. The van der Waals surface area contributed by atoms with Crippen molar-refractivity contribution in [3.63, 3.8) is 0 Å². The molecule has 0 aromatic carbocycles. The minimum atomic E-state index is -4.95. The minimum Gasteiger partial charge on any atom is -0.462 e. The van der Waals surface area contributed by atoms with Crippen LogP contribution in [0.5, 0.6) is 0 Å². The van der Waals surface area contributed by atoms with Gasteiger partial charge in [0.1, 0.15) is 19.3 Å². The molecule has 0 radical (unpaired) electrons. The summed E-state index contributed by atoms with van der Waals surface area (Å²) in [6, 6.07) is 0. The molecule has 0 rings (SSSR count). The number of ether oxygens (including phenoxy) is 4. The monoisotopic (exact) mass is 1370 g/mol. The van der Waals surface area contributed by atoms with Gasteiger partial charge in [-0.15, -0.1) is 0 Å². The Hall–Kier alpha value is -1.94. The van der Waals surface area contributed by atoms with Crippen molar-refractivity contribution in [2.75, 3.05) is 39.6 Å². The number of hydrogen-bond acceptors (Lipinski definition) is 15. The number of unbranched alkanes of at least 4 members (excludes halogenated alkanes) is 35. The van der Waals surface area contributed by atoms with Gasteiger partial charge in [-0.1, -0.05) is 319 Å². The van der Waals surface area contributed by atoms with Gasteiger partial charge in [0.15, 0.2) is 12.2 Å². The van der Waals surface area contributed by atoms with E-state index in [9.17, 15) is 43.2 Å². The highest BCUT2D eigenvalue weighted by molar-refractivity contribution is 7.47. The van der Waals surface area contributed by atoms with Gasteiger partial charge in [-0.05, 0) is 49.4 Å². The largest absolute Gasteiger partial charge is 0.472 e. The molecule has 0 saturated heterocycles. The summed E-state index contributed by atoms with van der Waals surface area (Å²) < 4.78 is 68.3. The van der Waals surface area contributed by atoms with Crippen LogP contribution >= 0.6 is 15.6 Å². The lowest BCUT2D eigenvalue weighted by Crippen LogP contribution is -2.30. The first kappa shape index (κ1) is 91.1. The van der Waals surface area contributed by atoms with E-state index in [1.807, 2.05) is 0 Å². The maximum absolute atomic E-state index is 13.0. The molecule has 0 heterocycles. The van der Waals surface area contributed by atoms with E-state index in [4.69, 9.17) is 37.0 Å². The summed E-state index contributed by atoms with van der Waals surface area (Å²) in [5.74, 6) is 0.896. The number of aliphatic hydroxyl groups excluding tert-OH is 1. The van der Waals surface area contributed by atoms with Crippen LogP contribution in [0.1, 0.15) is 370 Å². The zero-order valence-corrected chi connectivity index (χ0v) is 62.7. The Morgan fingerprint density at radius 1 is 0.301 bits per heavy atom. The van der Waals surface area contributed by atoms with E-state index in [1.165, 1.54) is 161 Å². The minimum absolute atomic E-state index is 0.103.